The molecule has 2 rings (SSSR count). The average molecular weight is 370 g/mol. The van der Waals surface area contributed by atoms with Crippen molar-refractivity contribution in [2.45, 2.75) is 6.92 Å². The van der Waals surface area contributed by atoms with E-state index in [2.05, 4.69) is 4.74 Å². The summed E-state index contributed by atoms with van der Waals surface area (Å²) in [5.41, 5.74) is 0.698. The highest BCUT2D eigenvalue weighted by molar-refractivity contribution is 6.57. The van der Waals surface area contributed by atoms with E-state index in [9.17, 15) is 14.4 Å². The molecule has 1 aromatic carbocycles. The Kier molecular flexibility index (Phi) is 5.64. The lowest BCUT2D eigenvalue weighted by atomic mass is 10.2. The molecule has 0 bridgehead atoms. The zero-order chi connectivity index (χ0) is 17.9. The molecule has 0 aliphatic carbocycles. The number of halogens is 2. The maximum absolute atomic E-state index is 12.2. The number of hydrogen-bond donors (Lipinski definition) is 0. The molecule has 1 heterocycles. The van der Waals surface area contributed by atoms with E-state index >= 15 is 0 Å². The summed E-state index contributed by atoms with van der Waals surface area (Å²) in [5, 5.41) is 0. The van der Waals surface area contributed by atoms with Crippen LogP contribution >= 0.6 is 23.2 Å². The summed E-state index contributed by atoms with van der Waals surface area (Å²) in [6.07, 6.45) is 1.09. The number of amides is 1. The van der Waals surface area contributed by atoms with Gasteiger partial charge in [0.25, 0.3) is 5.91 Å². The first-order valence-electron chi connectivity index (χ1n) is 6.87. The van der Waals surface area contributed by atoms with Gasteiger partial charge < -0.3 is 9.47 Å². The minimum absolute atomic E-state index is 0.0269. The number of hydrogen-bond acceptors (Lipinski definition) is 5. The smallest absolute Gasteiger partial charge is 0.340 e. The Morgan fingerprint density at radius 2 is 1.75 bits per heavy atom. The molecule has 0 N–H and O–H groups in total. The summed E-state index contributed by atoms with van der Waals surface area (Å²) in [5.74, 6) is -1.72. The van der Waals surface area contributed by atoms with Gasteiger partial charge in [0, 0.05) is 11.8 Å². The molecule has 1 aromatic rings. The van der Waals surface area contributed by atoms with Gasteiger partial charge in [-0.2, -0.15) is 0 Å². The van der Waals surface area contributed by atoms with Gasteiger partial charge in [-0.15, -0.1) is 0 Å². The van der Waals surface area contributed by atoms with Crippen molar-refractivity contribution >= 4 is 46.7 Å². The highest BCUT2D eigenvalue weighted by Crippen LogP contribution is 2.35. The number of nitrogens with zero attached hydrogens (tertiary/aromatic N) is 1. The predicted octanol–water partition coefficient (Wildman–Crippen LogP) is 2.96. The third-order valence-corrected chi connectivity index (χ3v) is 3.55. The molecule has 6 nitrogen and oxygen atoms in total. The fourth-order valence-electron chi connectivity index (χ4n) is 2.16. The van der Waals surface area contributed by atoms with Gasteiger partial charge in [0.2, 0.25) is 0 Å². The summed E-state index contributed by atoms with van der Waals surface area (Å²) in [6, 6.07) is 6.04. The minimum Gasteiger partial charge on any atom is -0.465 e. The Morgan fingerprint density at radius 1 is 1.12 bits per heavy atom. The highest BCUT2D eigenvalue weighted by Gasteiger charge is 2.35. The molecule has 126 valence electrons. The van der Waals surface area contributed by atoms with Crippen molar-refractivity contribution in [2.75, 3.05) is 18.6 Å². The van der Waals surface area contributed by atoms with Crippen molar-refractivity contribution in [3.05, 3.63) is 51.7 Å². The van der Waals surface area contributed by atoms with Crippen LogP contribution in [0.3, 0.4) is 0 Å². The zero-order valence-electron chi connectivity index (χ0n) is 12.8. The summed E-state index contributed by atoms with van der Waals surface area (Å²) >= 11 is 11.7. The lowest BCUT2D eigenvalue weighted by molar-refractivity contribution is -0.135. The van der Waals surface area contributed by atoms with Crippen LogP contribution in [0, 0.1) is 0 Å². The number of carbonyl (C=O) groups excluding carboxylic acids is 3. The third-order valence-electron chi connectivity index (χ3n) is 3.19. The topological polar surface area (TPSA) is 72.9 Å². The van der Waals surface area contributed by atoms with Crippen molar-refractivity contribution in [2.24, 2.45) is 0 Å². The van der Waals surface area contributed by atoms with Gasteiger partial charge in [0.15, 0.2) is 0 Å². The quantitative estimate of drug-likeness (QED) is 0.762. The fraction of sp³-hybridized carbons (Fsp3) is 0.188. The summed E-state index contributed by atoms with van der Waals surface area (Å²) in [6.45, 7) is 1.96. The molecule has 24 heavy (non-hydrogen) atoms. The molecule has 0 saturated carbocycles. The monoisotopic (exact) mass is 369 g/mol. The predicted molar refractivity (Wildman–Crippen MR) is 88.7 cm³/mol. The highest BCUT2D eigenvalue weighted by atomic mass is 35.5. The van der Waals surface area contributed by atoms with Crippen LogP contribution in [0.4, 0.5) is 5.69 Å². The summed E-state index contributed by atoms with van der Waals surface area (Å²) in [4.78, 5) is 36.9. The van der Waals surface area contributed by atoms with Crippen LogP contribution in [-0.4, -0.2) is 31.6 Å². The van der Waals surface area contributed by atoms with E-state index in [1.807, 2.05) is 0 Å². The van der Waals surface area contributed by atoms with Crippen LogP contribution in [0.1, 0.15) is 17.3 Å². The van der Waals surface area contributed by atoms with Crippen LogP contribution < -0.4 is 4.90 Å². The van der Waals surface area contributed by atoms with Crippen molar-refractivity contribution in [1.29, 1.82) is 0 Å². The molecule has 1 aliphatic heterocycles. The Balaban J connectivity index is 2.38. The molecule has 0 unspecified atom stereocenters. The van der Waals surface area contributed by atoms with E-state index in [1.165, 1.54) is 31.4 Å². The van der Waals surface area contributed by atoms with Crippen LogP contribution in [0.5, 0.6) is 0 Å². The van der Waals surface area contributed by atoms with Crippen molar-refractivity contribution in [1.82, 2.24) is 0 Å². The molecule has 0 fully saturated rings. The van der Waals surface area contributed by atoms with Crippen LogP contribution in [0.15, 0.2) is 46.1 Å². The molecule has 1 amide bonds. The molecule has 0 atom stereocenters. The maximum atomic E-state index is 12.2. The van der Waals surface area contributed by atoms with Gasteiger partial charge in [-0.05, 0) is 31.2 Å². The van der Waals surface area contributed by atoms with E-state index in [0.29, 0.717) is 11.3 Å². The number of methoxy groups -OCH3 is 1. The first-order chi connectivity index (χ1) is 11.4. The number of carbonyl (C=O) groups is 3. The third kappa shape index (κ3) is 3.44. The van der Waals surface area contributed by atoms with E-state index in [1.54, 1.807) is 6.92 Å². The van der Waals surface area contributed by atoms with Gasteiger partial charge >= 0.3 is 11.9 Å². The van der Waals surface area contributed by atoms with Gasteiger partial charge in [0.1, 0.15) is 4.49 Å². The van der Waals surface area contributed by atoms with E-state index in [0.717, 1.165) is 11.0 Å². The lowest BCUT2D eigenvalue weighted by Gasteiger charge is -2.20. The van der Waals surface area contributed by atoms with Gasteiger partial charge in [-0.25, -0.2) is 9.59 Å². The lowest BCUT2D eigenvalue weighted by Crippen LogP contribution is -2.25. The number of ether oxygens (including phenoxy) is 2. The standard InChI is InChI=1S/C16H13Cl2NO5/c1-3-24-15(21)9-4-6-10(7-5-9)19-12(20)8-11(16(22)23-2)13(19)14(17)18/h4-8H,3H2,1-2H3. The Hall–Kier alpha value is -2.31. The van der Waals surface area contributed by atoms with E-state index in [-0.39, 0.29) is 22.4 Å². The molecule has 1 aliphatic rings. The van der Waals surface area contributed by atoms with Crippen molar-refractivity contribution in [3.63, 3.8) is 0 Å². The molecular formula is C16H13Cl2NO5. The maximum Gasteiger partial charge on any atom is 0.340 e. The molecule has 0 radical (unpaired) electrons. The van der Waals surface area contributed by atoms with Crippen molar-refractivity contribution in [3.8, 4) is 0 Å². The van der Waals surface area contributed by atoms with Crippen LogP contribution in [0.25, 0.3) is 0 Å². The Bertz CT molecular complexity index is 748. The van der Waals surface area contributed by atoms with Gasteiger partial charge in [-0.1, -0.05) is 23.2 Å². The number of esters is 2. The largest absolute Gasteiger partial charge is 0.465 e. The van der Waals surface area contributed by atoms with Crippen LogP contribution in [-0.2, 0) is 19.1 Å². The van der Waals surface area contributed by atoms with Crippen molar-refractivity contribution < 1.29 is 23.9 Å². The molecule has 0 aromatic heterocycles. The van der Waals surface area contributed by atoms with Gasteiger partial charge in [0.05, 0.1) is 30.6 Å². The second-order valence-corrected chi connectivity index (χ2v) is 5.55. The number of anilines is 1. The molecule has 8 heteroatoms. The molecule has 0 saturated heterocycles. The van der Waals surface area contributed by atoms with E-state index < -0.39 is 17.8 Å². The SMILES string of the molecule is CCOC(=O)c1ccc(N2C(=O)C=C(C(=O)OC)C2=C(Cl)Cl)cc1. The first kappa shape index (κ1) is 18.0. The van der Waals surface area contributed by atoms with E-state index in [4.69, 9.17) is 27.9 Å². The number of benzene rings is 1. The first-order valence-corrected chi connectivity index (χ1v) is 7.63. The summed E-state index contributed by atoms with van der Waals surface area (Å²) < 4.78 is 9.26. The molecule has 0 spiro atoms. The molecular weight excluding hydrogens is 357 g/mol. The minimum atomic E-state index is -0.734. The zero-order valence-corrected chi connectivity index (χ0v) is 14.4. The Labute approximate surface area is 148 Å². The Morgan fingerprint density at radius 3 is 2.25 bits per heavy atom. The second-order valence-electron chi connectivity index (χ2n) is 4.60. The average Bonchev–Trinajstić information content (AvgIpc) is 2.92. The second kappa shape index (κ2) is 7.51. The summed E-state index contributed by atoms with van der Waals surface area (Å²) in [7, 11) is 1.18. The van der Waals surface area contributed by atoms with Gasteiger partial charge in [-0.3, -0.25) is 9.69 Å². The normalized spacial score (nSPS) is 13.7. The number of rotatable bonds is 4. The van der Waals surface area contributed by atoms with Crippen LogP contribution in [0.2, 0.25) is 0 Å². The fourth-order valence-corrected chi connectivity index (χ4v) is 2.53.